The van der Waals surface area contributed by atoms with Crippen molar-refractivity contribution < 1.29 is 32.3 Å². The smallest absolute Gasteiger partial charge is 0.406 e. The number of amides is 1. The number of likely N-dealkylation sites (tertiary alicyclic amines) is 1. The van der Waals surface area contributed by atoms with Crippen molar-refractivity contribution in [3.05, 3.63) is 66.2 Å². The quantitative estimate of drug-likeness (QED) is 0.478. The minimum atomic E-state index is -4.79. The summed E-state index contributed by atoms with van der Waals surface area (Å²) >= 11 is 0. The van der Waals surface area contributed by atoms with E-state index in [1.165, 1.54) is 17.0 Å². The van der Waals surface area contributed by atoms with Crippen molar-refractivity contribution in [2.24, 2.45) is 0 Å². The Labute approximate surface area is 184 Å². The predicted octanol–water partition coefficient (Wildman–Crippen LogP) is 4.06. The van der Waals surface area contributed by atoms with Gasteiger partial charge in [0.2, 0.25) is 11.7 Å². The number of alkyl halides is 3. The van der Waals surface area contributed by atoms with Gasteiger partial charge in [0.25, 0.3) is 5.91 Å². The number of nitrogens with one attached hydrogen (secondary N) is 1. The summed E-state index contributed by atoms with van der Waals surface area (Å²) in [4.78, 5) is 22.1. The first kappa shape index (κ1) is 21.0. The number of carbonyl (C=O) groups is 1. The number of aliphatic hydroxyl groups excluding tert-OH is 1. The second kappa shape index (κ2) is 7.93. The molecular formula is C22H17F3N4O4. The van der Waals surface area contributed by atoms with Crippen LogP contribution in [0, 0.1) is 0 Å². The molecule has 4 aromatic rings. The fraction of sp³-hybridized carbons (Fsp3) is 0.227. The Hall–Kier alpha value is -3.86. The molecule has 1 saturated heterocycles. The van der Waals surface area contributed by atoms with Crippen LogP contribution in [-0.2, 0) is 0 Å². The van der Waals surface area contributed by atoms with Gasteiger partial charge in [-0.2, -0.15) is 4.98 Å². The highest BCUT2D eigenvalue weighted by Crippen LogP contribution is 2.35. The normalized spacial score (nSPS) is 18.7. The van der Waals surface area contributed by atoms with Gasteiger partial charge in [-0.15, -0.1) is 13.2 Å². The van der Waals surface area contributed by atoms with E-state index in [9.17, 15) is 23.1 Å². The molecule has 33 heavy (non-hydrogen) atoms. The molecule has 0 aliphatic carbocycles. The maximum Gasteiger partial charge on any atom is 0.573 e. The Morgan fingerprint density at radius 2 is 1.94 bits per heavy atom. The summed E-state index contributed by atoms with van der Waals surface area (Å²) in [7, 11) is 0. The molecule has 11 heteroatoms. The van der Waals surface area contributed by atoms with Gasteiger partial charge in [-0.1, -0.05) is 23.4 Å². The lowest BCUT2D eigenvalue weighted by molar-refractivity contribution is -0.274. The standard InChI is InChI=1S/C22H17F3N4O4/c23-22(24,25)32-14-7-5-12(6-8-14)19-27-20(33-28-19)18-9-13(30)11-29(18)21(31)16-10-26-17-4-2-1-3-15(16)17/h1-8,10,13,18,26,30H,9,11H2/t13-,18?/m1/s1. The molecule has 1 fully saturated rings. The van der Waals surface area contributed by atoms with Gasteiger partial charge >= 0.3 is 6.36 Å². The minimum absolute atomic E-state index is 0.101. The number of aliphatic hydroxyl groups is 1. The van der Waals surface area contributed by atoms with Crippen LogP contribution in [0.3, 0.4) is 0 Å². The molecular weight excluding hydrogens is 441 g/mol. The van der Waals surface area contributed by atoms with E-state index < -0.39 is 18.5 Å². The summed E-state index contributed by atoms with van der Waals surface area (Å²) in [6.45, 7) is 0.101. The molecule has 1 amide bonds. The first-order valence-corrected chi connectivity index (χ1v) is 10.0. The second-order valence-electron chi connectivity index (χ2n) is 7.64. The molecule has 2 atom stereocenters. The fourth-order valence-electron chi connectivity index (χ4n) is 3.97. The zero-order valence-electron chi connectivity index (χ0n) is 16.9. The zero-order valence-corrected chi connectivity index (χ0v) is 16.9. The monoisotopic (exact) mass is 458 g/mol. The molecule has 0 bridgehead atoms. The highest BCUT2D eigenvalue weighted by atomic mass is 19.4. The molecule has 0 radical (unpaired) electrons. The first-order valence-electron chi connectivity index (χ1n) is 10.0. The number of nitrogens with zero attached hydrogens (tertiary/aromatic N) is 3. The van der Waals surface area contributed by atoms with Crippen molar-refractivity contribution in [2.45, 2.75) is 24.9 Å². The van der Waals surface area contributed by atoms with Crippen molar-refractivity contribution in [2.75, 3.05) is 6.54 Å². The molecule has 0 saturated carbocycles. The Balaban J connectivity index is 1.39. The number of carbonyl (C=O) groups excluding carboxylic acids is 1. The van der Waals surface area contributed by atoms with Crippen molar-refractivity contribution in [3.8, 4) is 17.1 Å². The van der Waals surface area contributed by atoms with Crippen molar-refractivity contribution in [1.82, 2.24) is 20.0 Å². The van der Waals surface area contributed by atoms with Crippen LogP contribution in [0.4, 0.5) is 13.2 Å². The number of hydrogen-bond donors (Lipinski definition) is 2. The number of H-pyrrole nitrogens is 1. The van der Waals surface area contributed by atoms with E-state index in [0.717, 1.165) is 23.0 Å². The average Bonchev–Trinajstić information content (AvgIpc) is 3.50. The number of ether oxygens (including phenoxy) is 1. The van der Waals surface area contributed by atoms with Crippen molar-refractivity contribution >= 4 is 16.8 Å². The third-order valence-corrected chi connectivity index (χ3v) is 5.43. The molecule has 0 spiro atoms. The molecule has 2 aromatic carbocycles. The molecule has 2 aromatic heterocycles. The van der Waals surface area contributed by atoms with Crippen LogP contribution in [0.15, 0.2) is 59.3 Å². The van der Waals surface area contributed by atoms with Crippen molar-refractivity contribution in [1.29, 1.82) is 0 Å². The van der Waals surface area contributed by atoms with Crippen LogP contribution in [0.5, 0.6) is 5.75 Å². The lowest BCUT2D eigenvalue weighted by Gasteiger charge is -2.21. The lowest BCUT2D eigenvalue weighted by Crippen LogP contribution is -2.31. The number of β-amino-alcohol motifs (C(OH)–C–C–N with tert-alkyl or cyclic N) is 1. The number of rotatable bonds is 4. The molecule has 1 unspecified atom stereocenters. The predicted molar refractivity (Wildman–Crippen MR) is 109 cm³/mol. The van der Waals surface area contributed by atoms with Gasteiger partial charge in [0.1, 0.15) is 11.8 Å². The Morgan fingerprint density at radius 3 is 2.70 bits per heavy atom. The Bertz CT molecular complexity index is 1300. The van der Waals surface area contributed by atoms with Crippen LogP contribution >= 0.6 is 0 Å². The molecule has 5 rings (SSSR count). The Morgan fingerprint density at radius 1 is 1.18 bits per heavy atom. The van der Waals surface area contributed by atoms with Gasteiger partial charge in [-0.05, 0) is 30.3 Å². The molecule has 2 N–H and O–H groups in total. The summed E-state index contributed by atoms with van der Waals surface area (Å²) in [5.74, 6) is -0.387. The number of benzene rings is 2. The van der Waals surface area contributed by atoms with Gasteiger partial charge in [0.05, 0.1) is 11.7 Å². The lowest BCUT2D eigenvalue weighted by atomic mass is 10.1. The van der Waals surface area contributed by atoms with E-state index >= 15 is 0 Å². The maximum absolute atomic E-state index is 13.3. The SMILES string of the molecule is O=C(c1c[nH]c2ccccc12)N1C[C@H](O)CC1c1nc(-c2ccc(OC(F)(F)F)cc2)no1. The Kier molecular flexibility index (Phi) is 5.05. The number of aromatic nitrogens is 3. The molecule has 1 aliphatic heterocycles. The van der Waals surface area contributed by atoms with Crippen LogP contribution in [0.2, 0.25) is 0 Å². The number of hydrogen-bond acceptors (Lipinski definition) is 6. The number of halogens is 3. The summed E-state index contributed by atoms with van der Waals surface area (Å²) in [6.07, 6.45) is -3.71. The topological polar surface area (TPSA) is 104 Å². The zero-order chi connectivity index (χ0) is 23.2. The largest absolute Gasteiger partial charge is 0.573 e. The fourth-order valence-corrected chi connectivity index (χ4v) is 3.97. The van der Waals surface area contributed by atoms with E-state index in [1.807, 2.05) is 24.3 Å². The van der Waals surface area contributed by atoms with E-state index in [1.54, 1.807) is 6.20 Å². The summed E-state index contributed by atoms with van der Waals surface area (Å²) in [5.41, 5.74) is 1.69. The number of aromatic amines is 1. The highest BCUT2D eigenvalue weighted by molar-refractivity contribution is 6.06. The third kappa shape index (κ3) is 4.14. The van der Waals surface area contributed by atoms with Crippen LogP contribution < -0.4 is 4.74 Å². The van der Waals surface area contributed by atoms with Crippen LogP contribution in [0.25, 0.3) is 22.3 Å². The van der Waals surface area contributed by atoms with E-state index in [4.69, 9.17) is 4.52 Å². The number of fused-ring (bicyclic) bond motifs is 1. The minimum Gasteiger partial charge on any atom is -0.406 e. The van der Waals surface area contributed by atoms with Gasteiger partial charge in [0.15, 0.2) is 0 Å². The summed E-state index contributed by atoms with van der Waals surface area (Å²) in [6, 6.07) is 11.8. The van der Waals surface area contributed by atoms with Crippen LogP contribution in [0.1, 0.15) is 28.7 Å². The third-order valence-electron chi connectivity index (χ3n) is 5.43. The van der Waals surface area contributed by atoms with E-state index in [0.29, 0.717) is 11.1 Å². The maximum atomic E-state index is 13.3. The number of para-hydroxylation sites is 1. The van der Waals surface area contributed by atoms with Gasteiger partial charge in [-0.3, -0.25) is 4.79 Å². The highest BCUT2D eigenvalue weighted by Gasteiger charge is 2.40. The molecule has 8 nitrogen and oxygen atoms in total. The van der Waals surface area contributed by atoms with E-state index in [2.05, 4.69) is 19.9 Å². The van der Waals surface area contributed by atoms with Gasteiger partial charge in [-0.25, -0.2) is 0 Å². The van der Waals surface area contributed by atoms with E-state index in [-0.39, 0.29) is 36.3 Å². The van der Waals surface area contributed by atoms with Gasteiger partial charge in [0, 0.05) is 35.6 Å². The second-order valence-corrected chi connectivity index (χ2v) is 7.64. The summed E-state index contributed by atoms with van der Waals surface area (Å²) in [5, 5.41) is 14.9. The van der Waals surface area contributed by atoms with Crippen LogP contribution in [-0.4, -0.2) is 50.0 Å². The molecule has 1 aliphatic rings. The van der Waals surface area contributed by atoms with Crippen molar-refractivity contribution in [3.63, 3.8) is 0 Å². The molecule has 170 valence electrons. The molecule has 3 heterocycles. The van der Waals surface area contributed by atoms with Gasteiger partial charge < -0.3 is 24.3 Å². The average molecular weight is 458 g/mol. The first-order chi connectivity index (χ1) is 15.8. The summed E-state index contributed by atoms with van der Waals surface area (Å²) < 4.78 is 46.3.